The van der Waals surface area contributed by atoms with Gasteiger partial charge in [0, 0.05) is 42.7 Å². The van der Waals surface area contributed by atoms with E-state index in [1.807, 2.05) is 38.1 Å². The molecule has 0 aliphatic heterocycles. The number of amides is 2. The van der Waals surface area contributed by atoms with Gasteiger partial charge >= 0.3 is 0 Å². The Morgan fingerprint density at radius 2 is 1.36 bits per heavy atom. The molecule has 0 saturated carbocycles. The molecule has 0 unspecified atom stereocenters. The Labute approximate surface area is 166 Å². The molecule has 0 atom stereocenters. The second-order valence-electron chi connectivity index (χ2n) is 6.58. The largest absolute Gasteiger partial charge is 0.339 e. The second-order valence-corrected chi connectivity index (χ2v) is 6.58. The molecular weight excluding hydrogens is 352 g/mol. The molecule has 148 valence electrons. The maximum Gasteiger partial charge on any atom is 0.253 e. The Kier molecular flexibility index (Phi) is 7.93. The third-order valence-electron chi connectivity index (χ3n) is 4.73. The first kappa shape index (κ1) is 21.4. The van der Waals surface area contributed by atoms with E-state index in [2.05, 4.69) is 12.2 Å². The lowest BCUT2D eigenvalue weighted by Crippen LogP contribution is -2.30. The van der Waals surface area contributed by atoms with E-state index in [0.717, 1.165) is 6.42 Å². The van der Waals surface area contributed by atoms with Crippen LogP contribution in [-0.2, 0) is 11.2 Å². The summed E-state index contributed by atoms with van der Waals surface area (Å²) in [5, 5.41) is 2.77. The first-order valence-corrected chi connectivity index (χ1v) is 9.79. The highest BCUT2D eigenvalue weighted by Crippen LogP contribution is 2.13. The van der Waals surface area contributed by atoms with E-state index in [1.165, 1.54) is 5.56 Å². The summed E-state index contributed by atoms with van der Waals surface area (Å²) in [6.45, 7) is 7.25. The van der Waals surface area contributed by atoms with Gasteiger partial charge in [0.15, 0.2) is 5.78 Å². The molecule has 2 rings (SSSR count). The average molecular weight is 380 g/mol. The second kappa shape index (κ2) is 10.4. The number of benzene rings is 2. The monoisotopic (exact) mass is 380 g/mol. The Hall–Kier alpha value is -2.95. The number of nitrogens with one attached hydrogen (secondary N) is 1. The van der Waals surface area contributed by atoms with E-state index in [4.69, 9.17) is 0 Å². The van der Waals surface area contributed by atoms with Gasteiger partial charge in [0.2, 0.25) is 5.91 Å². The van der Waals surface area contributed by atoms with Crippen LogP contribution in [0, 0.1) is 0 Å². The predicted molar refractivity (Wildman–Crippen MR) is 112 cm³/mol. The highest BCUT2D eigenvalue weighted by Gasteiger charge is 2.13. The minimum absolute atomic E-state index is 0.0254. The van der Waals surface area contributed by atoms with Crippen LogP contribution in [0.15, 0.2) is 48.5 Å². The molecule has 0 heterocycles. The summed E-state index contributed by atoms with van der Waals surface area (Å²) in [6, 6.07) is 14.3. The molecule has 28 heavy (non-hydrogen) atoms. The Bertz CT molecular complexity index is 807. The number of aryl methyl sites for hydroxylation is 1. The third-order valence-corrected chi connectivity index (χ3v) is 4.73. The van der Waals surface area contributed by atoms with Crippen molar-refractivity contribution in [3.8, 4) is 0 Å². The molecule has 0 aliphatic rings. The zero-order valence-corrected chi connectivity index (χ0v) is 16.8. The lowest BCUT2D eigenvalue weighted by atomic mass is 10.0. The molecule has 2 amide bonds. The number of anilines is 1. The van der Waals surface area contributed by atoms with Crippen LogP contribution in [0.25, 0.3) is 0 Å². The zero-order chi connectivity index (χ0) is 20.5. The number of Topliss-reactive ketones (excluding diaryl/α,β-unsaturated/α-hetero) is 1. The van der Waals surface area contributed by atoms with Crippen molar-refractivity contribution >= 4 is 23.3 Å². The Balaban J connectivity index is 1.87. The predicted octanol–water partition coefficient (Wildman–Crippen LogP) is 4.33. The van der Waals surface area contributed by atoms with Gasteiger partial charge < -0.3 is 10.2 Å². The van der Waals surface area contributed by atoms with Crippen molar-refractivity contribution in [2.45, 2.75) is 40.0 Å². The highest BCUT2D eigenvalue weighted by atomic mass is 16.2. The molecule has 0 spiro atoms. The van der Waals surface area contributed by atoms with Gasteiger partial charge in [-0.15, -0.1) is 0 Å². The topological polar surface area (TPSA) is 66.5 Å². The van der Waals surface area contributed by atoms with Crippen LogP contribution in [-0.4, -0.2) is 35.6 Å². The first-order chi connectivity index (χ1) is 13.5. The quantitative estimate of drug-likeness (QED) is 0.658. The highest BCUT2D eigenvalue weighted by molar-refractivity contribution is 6.00. The van der Waals surface area contributed by atoms with Crippen LogP contribution in [0.4, 0.5) is 5.69 Å². The van der Waals surface area contributed by atoms with Crippen LogP contribution in [0.5, 0.6) is 0 Å². The summed E-state index contributed by atoms with van der Waals surface area (Å²) in [5.74, 6) is -0.290. The lowest BCUT2D eigenvalue weighted by Gasteiger charge is -2.18. The normalized spacial score (nSPS) is 10.4. The SMILES string of the molecule is CCc1ccc(C(=O)CCC(=O)Nc2ccc(C(=O)N(CC)CC)cc2)cc1. The van der Waals surface area contributed by atoms with Gasteiger partial charge in [-0.2, -0.15) is 0 Å². The van der Waals surface area contributed by atoms with Gasteiger partial charge in [0.05, 0.1) is 0 Å². The standard InChI is InChI=1S/C23H28N2O3/c1-4-17-7-9-18(10-8-17)21(26)15-16-22(27)24-20-13-11-19(12-14-20)23(28)25(5-2)6-3/h7-14H,4-6,15-16H2,1-3H3,(H,24,27). The van der Waals surface area contributed by atoms with Crippen molar-refractivity contribution in [3.63, 3.8) is 0 Å². The molecule has 5 nitrogen and oxygen atoms in total. The van der Waals surface area contributed by atoms with Crippen molar-refractivity contribution in [3.05, 3.63) is 65.2 Å². The summed E-state index contributed by atoms with van der Waals surface area (Å²) in [7, 11) is 0. The lowest BCUT2D eigenvalue weighted by molar-refractivity contribution is -0.116. The Morgan fingerprint density at radius 1 is 0.786 bits per heavy atom. The van der Waals surface area contributed by atoms with E-state index in [9.17, 15) is 14.4 Å². The number of carbonyl (C=O) groups is 3. The van der Waals surface area contributed by atoms with Crippen LogP contribution >= 0.6 is 0 Å². The Morgan fingerprint density at radius 3 is 1.89 bits per heavy atom. The van der Waals surface area contributed by atoms with Crippen LogP contribution in [0.2, 0.25) is 0 Å². The average Bonchev–Trinajstić information content (AvgIpc) is 2.73. The molecule has 0 aliphatic carbocycles. The van der Waals surface area contributed by atoms with Gasteiger partial charge in [-0.05, 0) is 50.1 Å². The van der Waals surface area contributed by atoms with Crippen LogP contribution in [0.3, 0.4) is 0 Å². The number of hydrogen-bond acceptors (Lipinski definition) is 3. The molecule has 2 aromatic rings. The van der Waals surface area contributed by atoms with E-state index >= 15 is 0 Å². The first-order valence-electron chi connectivity index (χ1n) is 9.79. The van der Waals surface area contributed by atoms with Crippen molar-refractivity contribution in [1.82, 2.24) is 4.90 Å². The molecule has 0 saturated heterocycles. The molecule has 2 aromatic carbocycles. The maximum absolute atomic E-state index is 12.3. The number of rotatable bonds is 9. The zero-order valence-electron chi connectivity index (χ0n) is 16.8. The smallest absolute Gasteiger partial charge is 0.253 e. The number of nitrogens with zero attached hydrogens (tertiary/aromatic N) is 1. The molecule has 5 heteroatoms. The molecular formula is C23H28N2O3. The molecule has 0 aromatic heterocycles. The van der Waals surface area contributed by atoms with Crippen molar-refractivity contribution in [2.24, 2.45) is 0 Å². The molecule has 0 bridgehead atoms. The van der Waals surface area contributed by atoms with Crippen LogP contribution < -0.4 is 5.32 Å². The van der Waals surface area contributed by atoms with E-state index in [0.29, 0.717) is 29.9 Å². The minimum atomic E-state index is -0.221. The van der Waals surface area contributed by atoms with Gasteiger partial charge in [-0.25, -0.2) is 0 Å². The number of hydrogen-bond donors (Lipinski definition) is 1. The molecule has 0 radical (unpaired) electrons. The fourth-order valence-electron chi connectivity index (χ4n) is 2.91. The van der Waals surface area contributed by atoms with Crippen molar-refractivity contribution < 1.29 is 14.4 Å². The van der Waals surface area contributed by atoms with Gasteiger partial charge in [-0.1, -0.05) is 31.2 Å². The van der Waals surface area contributed by atoms with Crippen molar-refractivity contribution in [1.29, 1.82) is 0 Å². The number of carbonyl (C=O) groups excluding carboxylic acids is 3. The fourth-order valence-corrected chi connectivity index (χ4v) is 2.91. The van der Waals surface area contributed by atoms with Gasteiger partial charge in [0.25, 0.3) is 5.91 Å². The number of ketones is 1. The van der Waals surface area contributed by atoms with E-state index in [1.54, 1.807) is 29.2 Å². The summed E-state index contributed by atoms with van der Waals surface area (Å²) in [6.07, 6.45) is 1.21. The summed E-state index contributed by atoms with van der Waals surface area (Å²) < 4.78 is 0. The maximum atomic E-state index is 12.3. The summed E-state index contributed by atoms with van der Waals surface area (Å²) in [5.41, 5.74) is 3.01. The minimum Gasteiger partial charge on any atom is -0.339 e. The van der Waals surface area contributed by atoms with Gasteiger partial charge in [-0.3, -0.25) is 14.4 Å². The van der Waals surface area contributed by atoms with E-state index < -0.39 is 0 Å². The summed E-state index contributed by atoms with van der Waals surface area (Å²) >= 11 is 0. The fraction of sp³-hybridized carbons (Fsp3) is 0.348. The molecule has 0 fully saturated rings. The van der Waals surface area contributed by atoms with Gasteiger partial charge in [0.1, 0.15) is 0 Å². The summed E-state index contributed by atoms with van der Waals surface area (Å²) in [4.78, 5) is 38.4. The van der Waals surface area contributed by atoms with Crippen LogP contribution in [0.1, 0.15) is 59.9 Å². The van der Waals surface area contributed by atoms with E-state index in [-0.39, 0.29) is 30.4 Å². The third kappa shape index (κ3) is 5.78. The van der Waals surface area contributed by atoms with Crippen molar-refractivity contribution in [2.75, 3.05) is 18.4 Å². The molecule has 1 N–H and O–H groups in total.